The quantitative estimate of drug-likeness (QED) is 0.310. The first-order valence-corrected chi connectivity index (χ1v) is 12.8. The minimum Gasteiger partial charge on any atom is -0.426 e. The number of hydrogen-bond donors (Lipinski definition) is 0. The molecule has 176 valence electrons. The first-order valence-electron chi connectivity index (χ1n) is 12.0. The number of rotatable bonds is 6. The van der Waals surface area contributed by atoms with E-state index in [9.17, 15) is 9.59 Å². The average molecular weight is 489 g/mol. The average Bonchev–Trinajstić information content (AvgIpc) is 2.83. The van der Waals surface area contributed by atoms with Crippen LogP contribution in [0.25, 0.3) is 0 Å². The van der Waals surface area contributed by atoms with Crippen molar-refractivity contribution in [1.82, 2.24) is 0 Å². The molecule has 0 unspecified atom stereocenters. The van der Waals surface area contributed by atoms with E-state index in [1.807, 2.05) is 0 Å². The molecule has 4 rings (SSSR count). The van der Waals surface area contributed by atoms with Crippen LogP contribution in [0.4, 0.5) is 0 Å². The molecule has 0 heterocycles. The molecule has 6 heteroatoms. The Labute approximate surface area is 205 Å². The maximum absolute atomic E-state index is 12.8. The number of esters is 2. The van der Waals surface area contributed by atoms with Crippen molar-refractivity contribution in [1.29, 1.82) is 0 Å². The third kappa shape index (κ3) is 6.51. The van der Waals surface area contributed by atoms with Gasteiger partial charge in [-0.15, -0.1) is 0 Å². The first-order chi connectivity index (χ1) is 16.0. The summed E-state index contributed by atoms with van der Waals surface area (Å²) >= 11 is 12.5. The summed E-state index contributed by atoms with van der Waals surface area (Å²) in [5.74, 6) is 0.488. The van der Waals surface area contributed by atoms with Gasteiger partial charge in [0.05, 0.1) is 11.8 Å². The van der Waals surface area contributed by atoms with Gasteiger partial charge in [0.15, 0.2) is 0 Å². The SMILES string of the molecule is O=C(Oc1ccc(Cl)cc1Cc1cc(Cl)ccc1OC(=O)C1CCCCC1)C1CCCCC1. The van der Waals surface area contributed by atoms with Crippen LogP contribution in [0.1, 0.15) is 75.3 Å². The normalized spacial score (nSPS) is 17.5. The highest BCUT2D eigenvalue weighted by Gasteiger charge is 2.26. The molecule has 2 aliphatic rings. The largest absolute Gasteiger partial charge is 0.426 e. The summed E-state index contributed by atoms with van der Waals surface area (Å²) in [7, 11) is 0. The summed E-state index contributed by atoms with van der Waals surface area (Å²) in [6, 6.07) is 10.5. The van der Waals surface area contributed by atoms with Crippen molar-refractivity contribution >= 4 is 35.1 Å². The Hall–Kier alpha value is -2.04. The van der Waals surface area contributed by atoms with Gasteiger partial charge in [0.1, 0.15) is 11.5 Å². The fourth-order valence-corrected chi connectivity index (χ4v) is 5.23. The lowest BCUT2D eigenvalue weighted by atomic mass is 9.89. The molecule has 2 aromatic rings. The highest BCUT2D eigenvalue weighted by molar-refractivity contribution is 6.31. The second kappa shape index (κ2) is 11.4. The molecule has 0 aromatic heterocycles. The summed E-state index contributed by atoms with van der Waals surface area (Å²) < 4.78 is 11.6. The van der Waals surface area contributed by atoms with Crippen LogP contribution >= 0.6 is 23.2 Å². The zero-order valence-electron chi connectivity index (χ0n) is 18.8. The van der Waals surface area contributed by atoms with Gasteiger partial charge in [-0.3, -0.25) is 9.59 Å². The highest BCUT2D eigenvalue weighted by atomic mass is 35.5. The summed E-state index contributed by atoms with van der Waals surface area (Å²) in [6.45, 7) is 0. The third-order valence-corrected chi connectivity index (χ3v) is 7.19. The van der Waals surface area contributed by atoms with Crippen molar-refractivity contribution < 1.29 is 19.1 Å². The number of carbonyl (C=O) groups is 2. The molecule has 0 N–H and O–H groups in total. The molecule has 0 atom stereocenters. The molecule has 0 bridgehead atoms. The van der Waals surface area contributed by atoms with Crippen molar-refractivity contribution in [3.8, 4) is 11.5 Å². The van der Waals surface area contributed by atoms with Crippen LogP contribution in [0.5, 0.6) is 11.5 Å². The van der Waals surface area contributed by atoms with Crippen LogP contribution < -0.4 is 9.47 Å². The van der Waals surface area contributed by atoms with Crippen molar-refractivity contribution in [2.45, 2.75) is 70.6 Å². The van der Waals surface area contributed by atoms with Crippen molar-refractivity contribution in [2.24, 2.45) is 11.8 Å². The van der Waals surface area contributed by atoms with Crippen molar-refractivity contribution in [3.05, 3.63) is 57.6 Å². The van der Waals surface area contributed by atoms with Gasteiger partial charge in [0.2, 0.25) is 0 Å². The van der Waals surface area contributed by atoms with E-state index in [0.29, 0.717) is 28.0 Å². The van der Waals surface area contributed by atoms with Gasteiger partial charge in [-0.25, -0.2) is 0 Å². The van der Waals surface area contributed by atoms with Gasteiger partial charge >= 0.3 is 11.9 Å². The molecule has 0 radical (unpaired) electrons. The van der Waals surface area contributed by atoms with E-state index < -0.39 is 0 Å². The maximum Gasteiger partial charge on any atom is 0.314 e. The molecule has 2 aromatic carbocycles. The Kier molecular flexibility index (Phi) is 8.32. The molecular formula is C27H30Cl2O4. The zero-order chi connectivity index (χ0) is 23.2. The van der Waals surface area contributed by atoms with E-state index in [-0.39, 0.29) is 23.8 Å². The van der Waals surface area contributed by atoms with Crippen LogP contribution in [-0.4, -0.2) is 11.9 Å². The number of benzene rings is 2. The molecular weight excluding hydrogens is 459 g/mol. The minimum atomic E-state index is -0.187. The van der Waals surface area contributed by atoms with Crippen molar-refractivity contribution in [3.63, 3.8) is 0 Å². The summed E-state index contributed by atoms with van der Waals surface area (Å²) in [6.07, 6.45) is 10.5. The second-order valence-corrected chi connectivity index (χ2v) is 10.1. The molecule has 2 aliphatic carbocycles. The van der Waals surface area contributed by atoms with Gasteiger partial charge in [-0.1, -0.05) is 61.7 Å². The second-order valence-electron chi connectivity index (χ2n) is 9.19. The number of halogens is 2. The smallest absolute Gasteiger partial charge is 0.314 e. The molecule has 0 spiro atoms. The lowest BCUT2D eigenvalue weighted by Gasteiger charge is -2.21. The molecule has 4 nitrogen and oxygen atoms in total. The summed E-state index contributed by atoms with van der Waals surface area (Å²) in [5.41, 5.74) is 1.51. The zero-order valence-corrected chi connectivity index (χ0v) is 20.3. The summed E-state index contributed by atoms with van der Waals surface area (Å²) in [4.78, 5) is 25.5. The van der Waals surface area contributed by atoms with E-state index >= 15 is 0 Å². The topological polar surface area (TPSA) is 52.6 Å². The number of hydrogen-bond acceptors (Lipinski definition) is 4. The predicted octanol–water partition coefficient (Wildman–Crippen LogP) is 7.56. The van der Waals surface area contributed by atoms with E-state index in [1.165, 1.54) is 12.8 Å². The fraction of sp³-hybridized carbons (Fsp3) is 0.481. The standard InChI is InChI=1S/C27H30Cl2O4/c28-22-11-13-24(32-26(30)18-7-3-1-4-8-18)20(16-22)15-21-17-23(29)12-14-25(21)33-27(31)19-9-5-2-6-10-19/h11-14,16-19H,1-10,15H2. The van der Waals surface area contributed by atoms with Gasteiger partial charge < -0.3 is 9.47 Å². The lowest BCUT2D eigenvalue weighted by molar-refractivity contribution is -0.140. The van der Waals surface area contributed by atoms with E-state index in [2.05, 4.69) is 0 Å². The molecule has 0 amide bonds. The van der Waals surface area contributed by atoms with Crippen molar-refractivity contribution in [2.75, 3.05) is 0 Å². The van der Waals surface area contributed by atoms with Crippen LogP contribution in [0.2, 0.25) is 10.0 Å². The Morgan fingerprint density at radius 1 is 0.667 bits per heavy atom. The molecule has 0 aliphatic heterocycles. The number of carbonyl (C=O) groups excluding carboxylic acids is 2. The molecule has 0 saturated heterocycles. The number of ether oxygens (including phenoxy) is 2. The Bertz CT molecular complexity index is 912. The first kappa shape index (κ1) is 24.1. The van der Waals surface area contributed by atoms with Crippen LogP contribution in [0.15, 0.2) is 36.4 Å². The molecule has 2 fully saturated rings. The maximum atomic E-state index is 12.8. The van der Waals surface area contributed by atoms with Crippen LogP contribution in [-0.2, 0) is 16.0 Å². The van der Waals surface area contributed by atoms with Gasteiger partial charge in [-0.2, -0.15) is 0 Å². The molecule has 33 heavy (non-hydrogen) atoms. The Morgan fingerprint density at radius 2 is 1.06 bits per heavy atom. The van der Waals surface area contributed by atoms with Gasteiger partial charge in [-0.05, 0) is 62.1 Å². The van der Waals surface area contributed by atoms with E-state index in [0.717, 1.165) is 62.5 Å². The fourth-order valence-electron chi connectivity index (χ4n) is 4.84. The highest BCUT2D eigenvalue weighted by Crippen LogP contribution is 2.33. The predicted molar refractivity (Wildman–Crippen MR) is 130 cm³/mol. The van der Waals surface area contributed by atoms with E-state index in [4.69, 9.17) is 32.7 Å². The minimum absolute atomic E-state index is 0.0551. The monoisotopic (exact) mass is 488 g/mol. The van der Waals surface area contributed by atoms with Gasteiger partial charge in [0.25, 0.3) is 0 Å². The van der Waals surface area contributed by atoms with Crippen LogP contribution in [0, 0.1) is 11.8 Å². The Morgan fingerprint density at radius 3 is 1.45 bits per heavy atom. The Balaban J connectivity index is 1.54. The van der Waals surface area contributed by atoms with E-state index in [1.54, 1.807) is 36.4 Å². The molecule has 2 saturated carbocycles. The summed E-state index contributed by atoms with van der Waals surface area (Å²) in [5, 5.41) is 1.09. The van der Waals surface area contributed by atoms with Gasteiger partial charge in [0, 0.05) is 27.6 Å². The van der Waals surface area contributed by atoms with Crippen LogP contribution in [0.3, 0.4) is 0 Å². The third-order valence-electron chi connectivity index (χ3n) is 6.72. The lowest BCUT2D eigenvalue weighted by Crippen LogP contribution is -2.23.